The van der Waals surface area contributed by atoms with Gasteiger partial charge in [-0.25, -0.2) is 0 Å². The lowest BCUT2D eigenvalue weighted by Gasteiger charge is -2.23. The van der Waals surface area contributed by atoms with E-state index in [9.17, 15) is 0 Å². The van der Waals surface area contributed by atoms with Gasteiger partial charge in [0.2, 0.25) is 0 Å². The topological polar surface area (TPSA) is 12.0 Å². The average Bonchev–Trinajstić information content (AvgIpc) is 2.72. The highest BCUT2D eigenvalue weighted by atomic mass is 14.9. The largest absolute Gasteiger partial charge is 0.314 e. The Kier molecular flexibility index (Phi) is 4.00. The first kappa shape index (κ1) is 11.7. The maximum Gasteiger partial charge on any atom is 0.0101 e. The molecule has 0 aromatic heterocycles. The zero-order valence-electron chi connectivity index (χ0n) is 10.5. The van der Waals surface area contributed by atoms with Gasteiger partial charge in [-0.15, -0.1) is 0 Å². The van der Waals surface area contributed by atoms with E-state index in [0.717, 1.165) is 12.5 Å². The predicted molar refractivity (Wildman–Crippen MR) is 69.7 cm³/mol. The van der Waals surface area contributed by atoms with Crippen LogP contribution in [-0.4, -0.2) is 12.6 Å². The highest BCUT2D eigenvalue weighted by Gasteiger charge is 2.27. The van der Waals surface area contributed by atoms with Crippen molar-refractivity contribution in [3.05, 3.63) is 35.4 Å². The molecule has 88 valence electrons. The van der Waals surface area contributed by atoms with E-state index in [-0.39, 0.29) is 0 Å². The van der Waals surface area contributed by atoms with Crippen molar-refractivity contribution >= 4 is 0 Å². The quantitative estimate of drug-likeness (QED) is 0.798. The molecule has 0 radical (unpaired) electrons. The van der Waals surface area contributed by atoms with E-state index in [0.29, 0.717) is 6.04 Å². The molecule has 1 nitrogen and oxygen atoms in total. The van der Waals surface area contributed by atoms with Crippen LogP contribution in [0.4, 0.5) is 0 Å². The molecule has 0 fully saturated rings. The van der Waals surface area contributed by atoms with Crippen molar-refractivity contribution in [2.24, 2.45) is 5.92 Å². The molecule has 1 heteroatoms. The molecule has 1 aliphatic rings. The van der Waals surface area contributed by atoms with Gasteiger partial charge in [-0.2, -0.15) is 0 Å². The summed E-state index contributed by atoms with van der Waals surface area (Å²) >= 11 is 0. The van der Waals surface area contributed by atoms with Gasteiger partial charge < -0.3 is 5.32 Å². The first-order chi connectivity index (χ1) is 7.85. The molecular weight excluding hydrogens is 194 g/mol. The van der Waals surface area contributed by atoms with Crippen LogP contribution in [-0.2, 0) is 12.8 Å². The second-order valence-electron chi connectivity index (χ2n) is 4.89. The summed E-state index contributed by atoms with van der Waals surface area (Å²) in [5.74, 6) is 0.817. The van der Waals surface area contributed by atoms with Crippen molar-refractivity contribution in [2.45, 2.75) is 45.6 Å². The summed E-state index contributed by atoms with van der Waals surface area (Å²) in [6.45, 7) is 5.59. The summed E-state index contributed by atoms with van der Waals surface area (Å²) < 4.78 is 0. The zero-order chi connectivity index (χ0) is 11.4. The summed E-state index contributed by atoms with van der Waals surface area (Å²) in [7, 11) is 0. The monoisotopic (exact) mass is 217 g/mol. The summed E-state index contributed by atoms with van der Waals surface area (Å²) in [4.78, 5) is 0. The van der Waals surface area contributed by atoms with Crippen molar-refractivity contribution in [2.75, 3.05) is 6.54 Å². The fourth-order valence-corrected chi connectivity index (χ4v) is 2.96. The van der Waals surface area contributed by atoms with Crippen molar-refractivity contribution in [1.29, 1.82) is 0 Å². The third kappa shape index (κ3) is 2.46. The molecule has 0 spiro atoms. The Labute approximate surface area is 99.3 Å². The number of rotatable bonds is 5. The predicted octanol–water partition coefficient (Wildman–Crippen LogP) is 3.18. The Bertz CT molecular complexity index is 301. The molecule has 0 amide bonds. The maximum absolute atomic E-state index is 3.66. The van der Waals surface area contributed by atoms with Gasteiger partial charge in [-0.3, -0.25) is 0 Å². The second kappa shape index (κ2) is 5.49. The minimum atomic E-state index is 0.711. The highest BCUT2D eigenvalue weighted by molar-refractivity contribution is 5.32. The van der Waals surface area contributed by atoms with Gasteiger partial charge in [0, 0.05) is 6.04 Å². The van der Waals surface area contributed by atoms with E-state index in [1.54, 1.807) is 11.1 Å². The molecule has 1 unspecified atom stereocenters. The van der Waals surface area contributed by atoms with Crippen molar-refractivity contribution in [1.82, 2.24) is 5.32 Å². The number of fused-ring (bicyclic) bond motifs is 1. The Hall–Kier alpha value is -0.820. The third-order valence-corrected chi connectivity index (χ3v) is 3.72. The van der Waals surface area contributed by atoms with Crippen LogP contribution >= 0.6 is 0 Å². The first-order valence-corrected chi connectivity index (χ1v) is 6.65. The zero-order valence-corrected chi connectivity index (χ0v) is 10.5. The van der Waals surface area contributed by atoms with Gasteiger partial charge in [-0.05, 0) is 42.9 Å². The lowest BCUT2D eigenvalue weighted by atomic mass is 9.93. The molecule has 1 atom stereocenters. The van der Waals surface area contributed by atoms with Crippen LogP contribution in [0.15, 0.2) is 24.3 Å². The van der Waals surface area contributed by atoms with Crippen LogP contribution in [0, 0.1) is 5.92 Å². The number of hydrogen-bond donors (Lipinski definition) is 1. The van der Waals surface area contributed by atoms with Crippen molar-refractivity contribution < 1.29 is 0 Å². The summed E-state index contributed by atoms with van der Waals surface area (Å²) in [5.41, 5.74) is 3.15. The van der Waals surface area contributed by atoms with E-state index in [1.807, 2.05) is 0 Å². The van der Waals surface area contributed by atoms with Gasteiger partial charge in [0.15, 0.2) is 0 Å². The van der Waals surface area contributed by atoms with Crippen LogP contribution in [0.2, 0.25) is 0 Å². The smallest absolute Gasteiger partial charge is 0.0101 e. The Balaban J connectivity index is 2.02. The summed E-state index contributed by atoms with van der Waals surface area (Å²) in [6, 6.07) is 9.64. The van der Waals surface area contributed by atoms with E-state index >= 15 is 0 Å². The van der Waals surface area contributed by atoms with Crippen LogP contribution < -0.4 is 5.32 Å². The van der Waals surface area contributed by atoms with E-state index in [2.05, 4.69) is 43.4 Å². The first-order valence-electron chi connectivity index (χ1n) is 6.65. The lowest BCUT2D eigenvalue weighted by Crippen LogP contribution is -2.36. The van der Waals surface area contributed by atoms with Gasteiger partial charge >= 0.3 is 0 Å². The number of hydrogen-bond acceptors (Lipinski definition) is 1. The van der Waals surface area contributed by atoms with E-state index < -0.39 is 0 Å². The van der Waals surface area contributed by atoms with Crippen molar-refractivity contribution in [3.63, 3.8) is 0 Å². The van der Waals surface area contributed by atoms with Gasteiger partial charge in [0.25, 0.3) is 0 Å². The molecular formula is C15H23N. The van der Waals surface area contributed by atoms with Crippen molar-refractivity contribution in [3.8, 4) is 0 Å². The molecule has 16 heavy (non-hydrogen) atoms. The fraction of sp³-hybridized carbons (Fsp3) is 0.600. The van der Waals surface area contributed by atoms with Crippen LogP contribution in [0.1, 0.15) is 37.8 Å². The third-order valence-electron chi connectivity index (χ3n) is 3.72. The Morgan fingerprint density at radius 1 is 1.19 bits per heavy atom. The second-order valence-corrected chi connectivity index (χ2v) is 4.89. The molecule has 0 bridgehead atoms. The van der Waals surface area contributed by atoms with Gasteiger partial charge in [-0.1, -0.05) is 44.5 Å². The SMILES string of the molecule is CCCC(NCC)C1Cc2ccccc2C1. The lowest BCUT2D eigenvalue weighted by molar-refractivity contribution is 0.348. The minimum Gasteiger partial charge on any atom is -0.314 e. The molecule has 1 aromatic carbocycles. The molecule has 0 saturated carbocycles. The highest BCUT2D eigenvalue weighted by Crippen LogP contribution is 2.29. The van der Waals surface area contributed by atoms with Gasteiger partial charge in [0.05, 0.1) is 0 Å². The molecule has 2 rings (SSSR count). The normalized spacial score (nSPS) is 17.4. The Morgan fingerprint density at radius 2 is 1.81 bits per heavy atom. The maximum atomic E-state index is 3.66. The number of benzene rings is 1. The molecule has 0 heterocycles. The van der Waals surface area contributed by atoms with Crippen LogP contribution in [0.25, 0.3) is 0 Å². The average molecular weight is 217 g/mol. The molecule has 1 aromatic rings. The van der Waals surface area contributed by atoms with E-state index in [1.165, 1.54) is 25.7 Å². The van der Waals surface area contributed by atoms with Crippen LogP contribution in [0.5, 0.6) is 0 Å². The summed E-state index contributed by atoms with van der Waals surface area (Å²) in [5, 5.41) is 3.66. The Morgan fingerprint density at radius 3 is 2.31 bits per heavy atom. The van der Waals surface area contributed by atoms with E-state index in [4.69, 9.17) is 0 Å². The van der Waals surface area contributed by atoms with Crippen LogP contribution in [0.3, 0.4) is 0 Å². The fourth-order valence-electron chi connectivity index (χ4n) is 2.96. The molecule has 0 saturated heterocycles. The molecule has 1 aliphatic carbocycles. The minimum absolute atomic E-state index is 0.711. The molecule has 0 aliphatic heterocycles. The van der Waals surface area contributed by atoms with Gasteiger partial charge in [0.1, 0.15) is 0 Å². The summed E-state index contributed by atoms with van der Waals surface area (Å²) in [6.07, 6.45) is 5.14. The molecule has 1 N–H and O–H groups in total. The number of nitrogens with one attached hydrogen (secondary N) is 1. The standard InChI is InChI=1S/C15H23N/c1-3-7-15(16-4-2)14-10-12-8-5-6-9-13(12)11-14/h5-6,8-9,14-16H,3-4,7,10-11H2,1-2H3.